The van der Waals surface area contributed by atoms with Crippen molar-refractivity contribution in [2.75, 3.05) is 26.8 Å². The maximum Gasteiger partial charge on any atom is 0.310 e. The minimum Gasteiger partial charge on any atom is -0.495 e. The summed E-state index contributed by atoms with van der Waals surface area (Å²) in [6, 6.07) is 16.0. The number of halogens is 1. The number of carbonyl (C=O) groups is 1. The third kappa shape index (κ3) is 4.02. The zero-order valence-corrected chi connectivity index (χ0v) is 15.9. The van der Waals surface area contributed by atoms with Gasteiger partial charge in [0.25, 0.3) is 0 Å². The number of likely N-dealkylation sites (tertiary alicyclic amines) is 1. The van der Waals surface area contributed by atoms with E-state index in [0.29, 0.717) is 23.9 Å². The van der Waals surface area contributed by atoms with E-state index < -0.39 is 0 Å². The highest BCUT2D eigenvalue weighted by atomic mass is 35.5. The van der Waals surface area contributed by atoms with Gasteiger partial charge in [-0.05, 0) is 24.1 Å². The van der Waals surface area contributed by atoms with E-state index in [1.54, 1.807) is 7.11 Å². The summed E-state index contributed by atoms with van der Waals surface area (Å²) in [6.07, 6.45) is 0. The van der Waals surface area contributed by atoms with Crippen LogP contribution in [0.5, 0.6) is 5.75 Å². The molecule has 1 aliphatic rings. The van der Waals surface area contributed by atoms with E-state index >= 15 is 0 Å². The van der Waals surface area contributed by atoms with Gasteiger partial charge in [-0.3, -0.25) is 9.69 Å². The number of esters is 1. The zero-order valence-electron chi connectivity index (χ0n) is 15.2. The standard InChI is InChI=1S/C21H24ClNO3/c1-3-26-21(24)18-14-23(12-15-8-5-4-6-9-15)13-17(18)16-10-7-11-19(25-2)20(16)22/h4-11,17-18H,3,12-14H2,1-2H3. The van der Waals surface area contributed by atoms with Crippen molar-refractivity contribution in [3.8, 4) is 5.75 Å². The lowest BCUT2D eigenvalue weighted by Gasteiger charge is -2.19. The third-order valence-electron chi connectivity index (χ3n) is 4.85. The number of hydrogen-bond donors (Lipinski definition) is 0. The van der Waals surface area contributed by atoms with Crippen molar-refractivity contribution < 1.29 is 14.3 Å². The molecule has 0 aromatic heterocycles. The smallest absolute Gasteiger partial charge is 0.310 e. The number of methoxy groups -OCH3 is 1. The SMILES string of the molecule is CCOC(=O)C1CN(Cc2ccccc2)CC1c1cccc(OC)c1Cl. The third-order valence-corrected chi connectivity index (χ3v) is 5.25. The molecule has 3 rings (SSSR count). The molecule has 0 saturated carbocycles. The first-order chi connectivity index (χ1) is 12.6. The average molecular weight is 374 g/mol. The van der Waals surface area contributed by atoms with Crippen LogP contribution < -0.4 is 4.74 Å². The maximum atomic E-state index is 12.6. The molecule has 26 heavy (non-hydrogen) atoms. The molecule has 0 aliphatic carbocycles. The largest absolute Gasteiger partial charge is 0.495 e. The summed E-state index contributed by atoms with van der Waals surface area (Å²) in [5, 5.41) is 0.579. The first-order valence-corrected chi connectivity index (χ1v) is 9.27. The molecule has 2 aromatic carbocycles. The average Bonchev–Trinajstić information content (AvgIpc) is 3.06. The molecule has 2 aromatic rings. The van der Waals surface area contributed by atoms with E-state index in [4.69, 9.17) is 21.1 Å². The molecule has 0 bridgehead atoms. The van der Waals surface area contributed by atoms with Crippen LogP contribution in [-0.2, 0) is 16.1 Å². The van der Waals surface area contributed by atoms with Crippen LogP contribution in [0.15, 0.2) is 48.5 Å². The van der Waals surface area contributed by atoms with Crippen LogP contribution in [0.3, 0.4) is 0 Å². The van der Waals surface area contributed by atoms with Crippen molar-refractivity contribution >= 4 is 17.6 Å². The van der Waals surface area contributed by atoms with Crippen LogP contribution >= 0.6 is 11.6 Å². The van der Waals surface area contributed by atoms with E-state index in [0.717, 1.165) is 18.7 Å². The van der Waals surface area contributed by atoms with Gasteiger partial charge in [0.15, 0.2) is 0 Å². The van der Waals surface area contributed by atoms with Gasteiger partial charge in [0.2, 0.25) is 0 Å². The summed E-state index contributed by atoms with van der Waals surface area (Å²) in [4.78, 5) is 14.9. The molecule has 1 aliphatic heterocycles. The summed E-state index contributed by atoms with van der Waals surface area (Å²) in [5.41, 5.74) is 2.17. The van der Waals surface area contributed by atoms with Crippen LogP contribution in [0.1, 0.15) is 24.0 Å². The van der Waals surface area contributed by atoms with Gasteiger partial charge in [-0.15, -0.1) is 0 Å². The van der Waals surface area contributed by atoms with Crippen LogP contribution in [0, 0.1) is 5.92 Å². The second-order valence-electron chi connectivity index (χ2n) is 6.51. The lowest BCUT2D eigenvalue weighted by Crippen LogP contribution is -2.25. The molecule has 5 heteroatoms. The van der Waals surface area contributed by atoms with Crippen molar-refractivity contribution in [1.29, 1.82) is 0 Å². The van der Waals surface area contributed by atoms with Crippen molar-refractivity contribution in [3.63, 3.8) is 0 Å². The Labute approximate surface area is 159 Å². The molecule has 4 nitrogen and oxygen atoms in total. The van der Waals surface area contributed by atoms with Gasteiger partial charge in [0.1, 0.15) is 5.75 Å². The van der Waals surface area contributed by atoms with E-state index in [9.17, 15) is 4.79 Å². The number of ether oxygens (including phenoxy) is 2. The van der Waals surface area contributed by atoms with Crippen molar-refractivity contribution in [2.24, 2.45) is 5.92 Å². The lowest BCUT2D eigenvalue weighted by atomic mass is 9.89. The van der Waals surface area contributed by atoms with Crippen molar-refractivity contribution in [3.05, 3.63) is 64.7 Å². The highest BCUT2D eigenvalue weighted by molar-refractivity contribution is 6.33. The summed E-state index contributed by atoms with van der Waals surface area (Å²) in [5.74, 6) is 0.226. The number of carbonyl (C=O) groups excluding carboxylic acids is 1. The Hall–Kier alpha value is -2.04. The number of nitrogens with zero attached hydrogens (tertiary/aromatic N) is 1. The Morgan fingerprint density at radius 1 is 1.15 bits per heavy atom. The van der Waals surface area contributed by atoms with Gasteiger partial charge in [-0.2, -0.15) is 0 Å². The van der Waals surface area contributed by atoms with E-state index in [1.165, 1.54) is 5.56 Å². The predicted molar refractivity (Wildman–Crippen MR) is 103 cm³/mol. The molecule has 0 spiro atoms. The fourth-order valence-electron chi connectivity index (χ4n) is 3.63. The minimum atomic E-state index is -0.233. The van der Waals surface area contributed by atoms with Crippen molar-refractivity contribution in [2.45, 2.75) is 19.4 Å². The van der Waals surface area contributed by atoms with Gasteiger partial charge in [-0.25, -0.2) is 0 Å². The molecule has 0 amide bonds. The van der Waals surface area contributed by atoms with Gasteiger partial charge in [0, 0.05) is 25.6 Å². The fraction of sp³-hybridized carbons (Fsp3) is 0.381. The summed E-state index contributed by atoms with van der Waals surface area (Å²) in [6.45, 7) is 4.43. The van der Waals surface area contributed by atoms with E-state index in [-0.39, 0.29) is 17.8 Å². The molecule has 0 N–H and O–H groups in total. The topological polar surface area (TPSA) is 38.8 Å². The van der Waals surface area contributed by atoms with Gasteiger partial charge < -0.3 is 9.47 Å². The fourth-order valence-corrected chi connectivity index (χ4v) is 3.97. The molecule has 1 fully saturated rings. The maximum absolute atomic E-state index is 12.6. The number of benzene rings is 2. The first kappa shape index (κ1) is 18.7. The van der Waals surface area contributed by atoms with Crippen LogP contribution in [-0.4, -0.2) is 37.7 Å². The molecular formula is C21H24ClNO3. The first-order valence-electron chi connectivity index (χ1n) is 8.89. The highest BCUT2D eigenvalue weighted by Gasteiger charge is 2.40. The molecule has 1 heterocycles. The lowest BCUT2D eigenvalue weighted by molar-refractivity contribution is -0.148. The molecule has 2 unspecified atom stereocenters. The van der Waals surface area contributed by atoms with E-state index in [2.05, 4.69) is 17.0 Å². The minimum absolute atomic E-state index is 0.0136. The molecule has 138 valence electrons. The second kappa shape index (κ2) is 8.56. The highest BCUT2D eigenvalue weighted by Crippen LogP contribution is 2.40. The molecule has 2 atom stereocenters. The van der Waals surface area contributed by atoms with E-state index in [1.807, 2.05) is 43.3 Å². The Morgan fingerprint density at radius 2 is 1.92 bits per heavy atom. The molecular weight excluding hydrogens is 350 g/mol. The summed E-state index contributed by atoms with van der Waals surface area (Å²) < 4.78 is 10.7. The van der Waals surface area contributed by atoms with Crippen LogP contribution in [0.2, 0.25) is 5.02 Å². The van der Waals surface area contributed by atoms with Crippen LogP contribution in [0.4, 0.5) is 0 Å². The Balaban J connectivity index is 1.87. The predicted octanol–water partition coefficient (Wildman–Crippen LogP) is 4.13. The Morgan fingerprint density at radius 3 is 2.62 bits per heavy atom. The quantitative estimate of drug-likeness (QED) is 0.714. The van der Waals surface area contributed by atoms with Crippen LogP contribution in [0.25, 0.3) is 0 Å². The Bertz CT molecular complexity index is 750. The Kier molecular flexibility index (Phi) is 6.17. The van der Waals surface area contributed by atoms with Gasteiger partial charge in [-0.1, -0.05) is 54.1 Å². The number of hydrogen-bond acceptors (Lipinski definition) is 4. The van der Waals surface area contributed by atoms with Gasteiger partial charge >= 0.3 is 5.97 Å². The molecule has 0 radical (unpaired) electrons. The van der Waals surface area contributed by atoms with Crippen molar-refractivity contribution in [1.82, 2.24) is 4.90 Å². The zero-order chi connectivity index (χ0) is 18.5. The summed E-state index contributed by atoms with van der Waals surface area (Å²) in [7, 11) is 1.60. The number of rotatable bonds is 6. The molecule has 1 saturated heterocycles. The second-order valence-corrected chi connectivity index (χ2v) is 6.89. The summed E-state index contributed by atoms with van der Waals surface area (Å²) >= 11 is 6.55. The van der Waals surface area contributed by atoms with Gasteiger partial charge in [0.05, 0.1) is 24.7 Å². The monoisotopic (exact) mass is 373 g/mol. The normalized spacial score (nSPS) is 20.1.